The van der Waals surface area contributed by atoms with E-state index < -0.39 is 5.97 Å². The Morgan fingerprint density at radius 2 is 2.29 bits per heavy atom. The molecule has 21 heavy (non-hydrogen) atoms. The van der Waals surface area contributed by atoms with Gasteiger partial charge in [-0.05, 0) is 25.8 Å². The van der Waals surface area contributed by atoms with Crippen molar-refractivity contribution in [1.82, 2.24) is 20.5 Å². The first-order valence-corrected chi connectivity index (χ1v) is 7.97. The van der Waals surface area contributed by atoms with E-state index in [1.165, 1.54) is 23.1 Å². The van der Waals surface area contributed by atoms with Gasteiger partial charge in [0.2, 0.25) is 0 Å². The molecule has 2 fully saturated rings. The Labute approximate surface area is 126 Å². The molecule has 0 bridgehead atoms. The molecule has 0 radical (unpaired) electrons. The Morgan fingerprint density at radius 1 is 1.43 bits per heavy atom. The van der Waals surface area contributed by atoms with Gasteiger partial charge in [-0.3, -0.25) is 4.90 Å². The van der Waals surface area contributed by atoms with Crippen LogP contribution in [0.25, 0.3) is 0 Å². The van der Waals surface area contributed by atoms with Crippen LogP contribution in [0.3, 0.4) is 0 Å². The highest BCUT2D eigenvalue weighted by Crippen LogP contribution is 2.27. The molecule has 0 saturated carbocycles. The van der Waals surface area contributed by atoms with Gasteiger partial charge in [0, 0.05) is 24.0 Å². The van der Waals surface area contributed by atoms with E-state index in [-0.39, 0.29) is 24.3 Å². The fourth-order valence-electron chi connectivity index (χ4n) is 3.12. The second-order valence-electron chi connectivity index (χ2n) is 5.40. The number of fused-ring (bicyclic) bond motifs is 1. The number of carbonyl (C=O) groups excluding carboxylic acids is 1. The monoisotopic (exact) mass is 310 g/mol. The molecule has 0 aromatic carbocycles. The van der Waals surface area contributed by atoms with Gasteiger partial charge in [-0.15, -0.1) is 11.3 Å². The highest BCUT2D eigenvalue weighted by molar-refractivity contribution is 7.09. The van der Waals surface area contributed by atoms with Crippen LogP contribution in [-0.4, -0.2) is 52.2 Å². The van der Waals surface area contributed by atoms with Crippen LogP contribution >= 0.6 is 11.3 Å². The van der Waals surface area contributed by atoms with Gasteiger partial charge in [0.15, 0.2) is 5.69 Å². The van der Waals surface area contributed by atoms with Crippen LogP contribution in [0.2, 0.25) is 0 Å². The third-order valence-electron chi connectivity index (χ3n) is 4.09. The number of thiazole rings is 1. The Balaban J connectivity index is 1.47. The summed E-state index contributed by atoms with van der Waals surface area (Å²) in [5.41, 5.74) is 0.0228. The van der Waals surface area contributed by atoms with Gasteiger partial charge in [0.05, 0.1) is 6.54 Å². The molecule has 3 rings (SSSR count). The van der Waals surface area contributed by atoms with Gasteiger partial charge in [0.25, 0.3) is 0 Å². The summed E-state index contributed by atoms with van der Waals surface area (Å²) in [5.74, 6) is -1.05. The van der Waals surface area contributed by atoms with Crippen LogP contribution < -0.4 is 10.6 Å². The molecule has 2 saturated heterocycles. The van der Waals surface area contributed by atoms with Crippen LogP contribution in [0.4, 0.5) is 4.79 Å². The SMILES string of the molecule is O=C(NCc1nc(C(=O)O)cs1)NC1CCN2CCCC12. The Morgan fingerprint density at radius 3 is 3.05 bits per heavy atom. The van der Waals surface area contributed by atoms with E-state index in [1.54, 1.807) is 0 Å². The van der Waals surface area contributed by atoms with E-state index in [4.69, 9.17) is 5.11 Å². The summed E-state index contributed by atoms with van der Waals surface area (Å²) in [7, 11) is 0. The minimum absolute atomic E-state index is 0.0228. The van der Waals surface area contributed by atoms with Crippen molar-refractivity contribution in [2.45, 2.75) is 37.9 Å². The van der Waals surface area contributed by atoms with E-state index in [1.807, 2.05) is 0 Å². The molecule has 8 heteroatoms. The molecule has 2 unspecified atom stereocenters. The van der Waals surface area contributed by atoms with Gasteiger partial charge in [0.1, 0.15) is 5.01 Å². The van der Waals surface area contributed by atoms with Crippen LogP contribution in [0, 0.1) is 0 Å². The zero-order chi connectivity index (χ0) is 14.8. The summed E-state index contributed by atoms with van der Waals surface area (Å²) in [6.45, 7) is 2.45. The molecule has 2 amide bonds. The number of aromatic nitrogens is 1. The molecule has 2 atom stereocenters. The van der Waals surface area contributed by atoms with Crippen molar-refractivity contribution in [1.29, 1.82) is 0 Å². The highest BCUT2D eigenvalue weighted by Gasteiger charge is 2.37. The number of nitrogens with one attached hydrogen (secondary N) is 2. The molecule has 0 aliphatic carbocycles. The van der Waals surface area contributed by atoms with Crippen LogP contribution in [0.1, 0.15) is 34.8 Å². The number of amides is 2. The Bertz CT molecular complexity index is 547. The molecule has 3 N–H and O–H groups in total. The molecular formula is C13H18N4O3S. The largest absolute Gasteiger partial charge is 0.476 e. The molecule has 0 spiro atoms. The van der Waals surface area contributed by atoms with Gasteiger partial charge < -0.3 is 15.7 Å². The number of aromatic carboxylic acids is 1. The zero-order valence-corrected chi connectivity index (χ0v) is 12.4. The minimum Gasteiger partial charge on any atom is -0.476 e. The van der Waals surface area contributed by atoms with Crippen LogP contribution in [0.5, 0.6) is 0 Å². The van der Waals surface area contributed by atoms with E-state index in [0.29, 0.717) is 11.0 Å². The molecule has 114 valence electrons. The van der Waals surface area contributed by atoms with Crippen molar-refractivity contribution >= 4 is 23.3 Å². The molecule has 2 aliphatic rings. The quantitative estimate of drug-likeness (QED) is 0.767. The number of carboxylic acid groups (broad SMARTS) is 1. The van der Waals surface area contributed by atoms with Crippen molar-refractivity contribution in [3.63, 3.8) is 0 Å². The molecule has 3 heterocycles. The van der Waals surface area contributed by atoms with Gasteiger partial charge in [-0.1, -0.05) is 0 Å². The van der Waals surface area contributed by atoms with Crippen molar-refractivity contribution in [2.75, 3.05) is 13.1 Å². The summed E-state index contributed by atoms with van der Waals surface area (Å²) >= 11 is 1.24. The molecular weight excluding hydrogens is 292 g/mol. The minimum atomic E-state index is -1.05. The van der Waals surface area contributed by atoms with E-state index in [0.717, 1.165) is 25.9 Å². The van der Waals surface area contributed by atoms with Gasteiger partial charge >= 0.3 is 12.0 Å². The summed E-state index contributed by atoms with van der Waals surface area (Å²) in [4.78, 5) is 29.0. The summed E-state index contributed by atoms with van der Waals surface area (Å²) in [6, 6.07) is 0.494. The zero-order valence-electron chi connectivity index (χ0n) is 11.5. The second kappa shape index (κ2) is 5.98. The summed E-state index contributed by atoms with van der Waals surface area (Å²) < 4.78 is 0. The normalized spacial score (nSPS) is 24.8. The average Bonchev–Trinajstić information content (AvgIpc) is 3.14. The van der Waals surface area contributed by atoms with E-state index in [2.05, 4.69) is 20.5 Å². The summed E-state index contributed by atoms with van der Waals surface area (Å²) in [6.07, 6.45) is 3.36. The standard InChI is InChI=1S/C13H18N4O3S/c18-12(19)9-7-21-11(15-9)6-14-13(20)16-8-3-5-17-4-1-2-10(8)17/h7-8,10H,1-6H2,(H,18,19)(H2,14,16,20). The number of hydrogen-bond acceptors (Lipinski definition) is 5. The third kappa shape index (κ3) is 3.16. The fraction of sp³-hybridized carbons (Fsp3) is 0.615. The number of nitrogens with zero attached hydrogens (tertiary/aromatic N) is 2. The number of urea groups is 1. The maximum Gasteiger partial charge on any atom is 0.355 e. The fourth-order valence-corrected chi connectivity index (χ4v) is 3.82. The third-order valence-corrected chi connectivity index (χ3v) is 4.94. The van der Waals surface area contributed by atoms with Crippen molar-refractivity contribution in [3.05, 3.63) is 16.1 Å². The van der Waals surface area contributed by atoms with Crippen molar-refractivity contribution < 1.29 is 14.7 Å². The smallest absolute Gasteiger partial charge is 0.355 e. The lowest BCUT2D eigenvalue weighted by atomic mass is 10.1. The first-order chi connectivity index (χ1) is 10.1. The summed E-state index contributed by atoms with van der Waals surface area (Å²) in [5, 5.41) is 16.6. The van der Waals surface area contributed by atoms with Crippen LogP contribution in [0.15, 0.2) is 5.38 Å². The topological polar surface area (TPSA) is 94.6 Å². The predicted octanol–water partition coefficient (Wildman–Crippen LogP) is 0.877. The highest BCUT2D eigenvalue weighted by atomic mass is 32.1. The Hall–Kier alpha value is -1.67. The van der Waals surface area contributed by atoms with Gasteiger partial charge in [-0.2, -0.15) is 0 Å². The van der Waals surface area contributed by atoms with Crippen LogP contribution in [-0.2, 0) is 6.54 Å². The van der Waals surface area contributed by atoms with E-state index in [9.17, 15) is 9.59 Å². The molecule has 7 nitrogen and oxygen atoms in total. The number of hydrogen-bond donors (Lipinski definition) is 3. The number of carbonyl (C=O) groups is 2. The van der Waals surface area contributed by atoms with Crippen molar-refractivity contribution in [2.24, 2.45) is 0 Å². The molecule has 1 aromatic heterocycles. The first-order valence-electron chi connectivity index (χ1n) is 7.09. The Kier molecular flexibility index (Phi) is 4.07. The molecule has 1 aromatic rings. The van der Waals surface area contributed by atoms with Crippen molar-refractivity contribution in [3.8, 4) is 0 Å². The lowest BCUT2D eigenvalue weighted by Gasteiger charge is -2.21. The second-order valence-corrected chi connectivity index (χ2v) is 6.34. The first kappa shape index (κ1) is 14.3. The maximum atomic E-state index is 11.9. The van der Waals surface area contributed by atoms with E-state index >= 15 is 0 Å². The maximum absolute atomic E-state index is 11.9. The van der Waals surface area contributed by atoms with Gasteiger partial charge in [-0.25, -0.2) is 14.6 Å². The number of carboxylic acids is 1. The lowest BCUT2D eigenvalue weighted by Crippen LogP contribution is -2.46. The predicted molar refractivity (Wildman–Crippen MR) is 77.4 cm³/mol. The number of rotatable bonds is 4. The lowest BCUT2D eigenvalue weighted by molar-refractivity contribution is 0.0691. The molecule has 2 aliphatic heterocycles. The average molecular weight is 310 g/mol.